The monoisotopic (exact) mass is 297 g/mol. The minimum absolute atomic E-state index is 0.0185. The predicted octanol–water partition coefficient (Wildman–Crippen LogP) is 1.43. The van der Waals surface area contributed by atoms with Gasteiger partial charge in [0.15, 0.2) is 0 Å². The minimum atomic E-state index is -0.738. The van der Waals surface area contributed by atoms with Crippen molar-refractivity contribution >= 4 is 23.4 Å². The van der Waals surface area contributed by atoms with Crippen LogP contribution in [0.3, 0.4) is 0 Å². The second-order valence-electron chi connectivity index (χ2n) is 4.60. The maximum Gasteiger partial charge on any atom is 0.329 e. The van der Waals surface area contributed by atoms with E-state index in [4.69, 9.17) is 4.74 Å². The second kappa shape index (κ2) is 7.36. The normalized spacial score (nSPS) is 11.9. The average Bonchev–Trinajstić information content (AvgIpc) is 2.43. The molecule has 0 saturated heterocycles. The number of anilines is 2. The van der Waals surface area contributed by atoms with Gasteiger partial charge in [-0.05, 0) is 12.8 Å². The zero-order chi connectivity index (χ0) is 16.0. The van der Waals surface area contributed by atoms with Crippen molar-refractivity contribution in [1.29, 1.82) is 0 Å². The van der Waals surface area contributed by atoms with Crippen molar-refractivity contribution in [2.45, 2.75) is 26.8 Å². The first-order chi connectivity index (χ1) is 9.90. The van der Waals surface area contributed by atoms with Crippen molar-refractivity contribution in [3.63, 3.8) is 0 Å². The number of carbonyl (C=O) groups is 1. The number of hydrogen-bond donors (Lipinski definition) is 2. The molecule has 1 aromatic heterocycles. The summed E-state index contributed by atoms with van der Waals surface area (Å²) in [7, 11) is 1.26. The molecule has 21 heavy (non-hydrogen) atoms. The van der Waals surface area contributed by atoms with Gasteiger partial charge in [0.1, 0.15) is 12.2 Å². The molecule has 9 nitrogen and oxygen atoms in total. The molecule has 0 aromatic carbocycles. The zero-order valence-corrected chi connectivity index (χ0v) is 12.4. The topological polar surface area (TPSA) is 119 Å². The summed E-state index contributed by atoms with van der Waals surface area (Å²) < 4.78 is 4.69. The van der Waals surface area contributed by atoms with Gasteiger partial charge in [0.25, 0.3) is 0 Å². The highest BCUT2D eigenvalue weighted by Gasteiger charge is 2.27. The van der Waals surface area contributed by atoms with E-state index in [0.29, 0.717) is 6.54 Å². The van der Waals surface area contributed by atoms with Crippen LogP contribution in [0.25, 0.3) is 0 Å². The van der Waals surface area contributed by atoms with E-state index in [-0.39, 0.29) is 23.4 Å². The Bertz CT molecular complexity index is 520. The summed E-state index contributed by atoms with van der Waals surface area (Å²) in [4.78, 5) is 30.0. The minimum Gasteiger partial charge on any atom is -0.467 e. The van der Waals surface area contributed by atoms with Gasteiger partial charge in [0, 0.05) is 6.54 Å². The van der Waals surface area contributed by atoms with E-state index in [1.165, 1.54) is 7.11 Å². The van der Waals surface area contributed by atoms with Gasteiger partial charge >= 0.3 is 11.7 Å². The SMILES string of the molecule is CCNc1ncc([N+](=O)[O-])c(NC(C(=O)OC)C(C)C)n1. The summed E-state index contributed by atoms with van der Waals surface area (Å²) in [5, 5.41) is 16.7. The van der Waals surface area contributed by atoms with Crippen LogP contribution >= 0.6 is 0 Å². The lowest BCUT2D eigenvalue weighted by atomic mass is 10.0. The number of carbonyl (C=O) groups excluding carboxylic acids is 1. The van der Waals surface area contributed by atoms with Crippen LogP contribution in [-0.4, -0.2) is 40.6 Å². The maximum absolute atomic E-state index is 11.7. The smallest absolute Gasteiger partial charge is 0.329 e. The predicted molar refractivity (Wildman–Crippen MR) is 77.1 cm³/mol. The maximum atomic E-state index is 11.7. The average molecular weight is 297 g/mol. The number of esters is 1. The van der Waals surface area contributed by atoms with Gasteiger partial charge in [-0.2, -0.15) is 4.98 Å². The highest BCUT2D eigenvalue weighted by Crippen LogP contribution is 2.24. The Morgan fingerprint density at radius 2 is 2.19 bits per heavy atom. The highest BCUT2D eigenvalue weighted by atomic mass is 16.6. The molecule has 0 radical (unpaired) electrons. The molecule has 0 aliphatic heterocycles. The molecule has 0 bridgehead atoms. The van der Waals surface area contributed by atoms with Crippen LogP contribution in [0.15, 0.2) is 6.20 Å². The van der Waals surface area contributed by atoms with Gasteiger partial charge in [-0.3, -0.25) is 10.1 Å². The van der Waals surface area contributed by atoms with Gasteiger partial charge < -0.3 is 15.4 Å². The first-order valence-corrected chi connectivity index (χ1v) is 6.50. The van der Waals surface area contributed by atoms with Gasteiger partial charge in [-0.15, -0.1) is 0 Å². The number of methoxy groups -OCH3 is 1. The van der Waals surface area contributed by atoms with E-state index in [1.807, 2.05) is 6.92 Å². The molecule has 1 heterocycles. The largest absolute Gasteiger partial charge is 0.467 e. The summed E-state index contributed by atoms with van der Waals surface area (Å²) in [6.07, 6.45) is 1.10. The molecule has 0 saturated carbocycles. The van der Waals surface area contributed by atoms with Crippen LogP contribution in [0.4, 0.5) is 17.5 Å². The molecule has 0 aliphatic carbocycles. The van der Waals surface area contributed by atoms with E-state index in [9.17, 15) is 14.9 Å². The third-order valence-corrected chi connectivity index (χ3v) is 2.72. The third kappa shape index (κ3) is 4.26. The summed E-state index contributed by atoms with van der Waals surface area (Å²) in [6, 6.07) is -0.738. The Balaban J connectivity index is 3.15. The fourth-order valence-electron chi connectivity index (χ4n) is 1.63. The molecule has 116 valence electrons. The Kier molecular flexibility index (Phi) is 5.82. The van der Waals surface area contributed by atoms with Crippen molar-refractivity contribution in [3.05, 3.63) is 16.3 Å². The van der Waals surface area contributed by atoms with Crippen LogP contribution in [0.1, 0.15) is 20.8 Å². The van der Waals surface area contributed by atoms with Crippen molar-refractivity contribution in [3.8, 4) is 0 Å². The van der Waals surface area contributed by atoms with Crippen molar-refractivity contribution < 1.29 is 14.5 Å². The number of nitrogens with one attached hydrogen (secondary N) is 2. The Labute approximate surface area is 122 Å². The quantitative estimate of drug-likeness (QED) is 0.440. The van der Waals surface area contributed by atoms with Crippen molar-refractivity contribution in [2.75, 3.05) is 24.3 Å². The van der Waals surface area contributed by atoms with E-state index < -0.39 is 16.9 Å². The first kappa shape index (κ1) is 16.6. The summed E-state index contributed by atoms with van der Waals surface area (Å²) in [5.74, 6) is -0.412. The third-order valence-electron chi connectivity index (χ3n) is 2.72. The molecule has 1 unspecified atom stereocenters. The lowest BCUT2D eigenvalue weighted by Crippen LogP contribution is -2.36. The van der Waals surface area contributed by atoms with Gasteiger partial charge in [0.05, 0.1) is 12.0 Å². The van der Waals surface area contributed by atoms with Crippen LogP contribution in [0.5, 0.6) is 0 Å². The number of ether oxygens (including phenoxy) is 1. The molecule has 0 spiro atoms. The number of nitro groups is 1. The molecule has 1 atom stereocenters. The fourth-order valence-corrected chi connectivity index (χ4v) is 1.63. The van der Waals surface area contributed by atoms with Crippen LogP contribution in [0, 0.1) is 16.0 Å². The molecule has 0 amide bonds. The Hall–Kier alpha value is -2.45. The van der Waals surface area contributed by atoms with Gasteiger partial charge in [-0.1, -0.05) is 13.8 Å². The second-order valence-corrected chi connectivity index (χ2v) is 4.60. The van der Waals surface area contributed by atoms with Crippen molar-refractivity contribution in [2.24, 2.45) is 5.92 Å². The molecule has 0 fully saturated rings. The lowest BCUT2D eigenvalue weighted by Gasteiger charge is -2.20. The van der Waals surface area contributed by atoms with Crippen LogP contribution in [0.2, 0.25) is 0 Å². The van der Waals surface area contributed by atoms with E-state index in [0.717, 1.165) is 6.20 Å². The highest BCUT2D eigenvalue weighted by molar-refractivity contribution is 5.80. The first-order valence-electron chi connectivity index (χ1n) is 6.50. The summed E-state index contributed by atoms with van der Waals surface area (Å²) in [6.45, 7) is 6.02. The standard InChI is InChI=1S/C12H19N5O4/c1-5-13-12-14-6-8(17(19)20)10(16-12)15-9(7(2)3)11(18)21-4/h6-7,9H,5H2,1-4H3,(H2,13,14,15,16). The number of aromatic nitrogens is 2. The lowest BCUT2D eigenvalue weighted by molar-refractivity contribution is -0.384. The van der Waals surface area contributed by atoms with E-state index in [2.05, 4.69) is 20.6 Å². The zero-order valence-electron chi connectivity index (χ0n) is 12.4. The molecule has 1 aromatic rings. The fraction of sp³-hybridized carbons (Fsp3) is 0.583. The Morgan fingerprint density at radius 3 is 2.67 bits per heavy atom. The van der Waals surface area contributed by atoms with E-state index >= 15 is 0 Å². The number of rotatable bonds is 7. The van der Waals surface area contributed by atoms with Gasteiger partial charge in [0.2, 0.25) is 11.8 Å². The Morgan fingerprint density at radius 1 is 1.52 bits per heavy atom. The number of nitrogens with zero attached hydrogens (tertiary/aromatic N) is 3. The van der Waals surface area contributed by atoms with Crippen LogP contribution in [-0.2, 0) is 9.53 Å². The van der Waals surface area contributed by atoms with Crippen molar-refractivity contribution in [1.82, 2.24) is 9.97 Å². The van der Waals surface area contributed by atoms with Crippen LogP contribution < -0.4 is 10.6 Å². The molecule has 9 heteroatoms. The molecular weight excluding hydrogens is 278 g/mol. The molecule has 0 aliphatic rings. The molecular formula is C12H19N5O4. The number of hydrogen-bond acceptors (Lipinski definition) is 8. The van der Waals surface area contributed by atoms with Gasteiger partial charge in [-0.25, -0.2) is 9.78 Å². The molecule has 1 rings (SSSR count). The summed E-state index contributed by atoms with van der Waals surface area (Å²) >= 11 is 0. The van der Waals surface area contributed by atoms with E-state index in [1.54, 1.807) is 13.8 Å². The summed E-state index contributed by atoms with van der Waals surface area (Å²) in [5.41, 5.74) is -0.300. The molecule has 2 N–H and O–H groups in total.